The monoisotopic (exact) mass is 288 g/mol. The van der Waals surface area contributed by atoms with Gasteiger partial charge in [0.2, 0.25) is 11.8 Å². The zero-order valence-electron chi connectivity index (χ0n) is 11.9. The summed E-state index contributed by atoms with van der Waals surface area (Å²) >= 11 is 0. The average Bonchev–Trinajstić information content (AvgIpc) is 2.75. The van der Waals surface area contributed by atoms with Crippen molar-refractivity contribution in [1.29, 1.82) is 0 Å². The average molecular weight is 288 g/mol. The summed E-state index contributed by atoms with van der Waals surface area (Å²) in [7, 11) is 0. The van der Waals surface area contributed by atoms with E-state index in [1.165, 1.54) is 0 Å². The third-order valence-corrected chi connectivity index (χ3v) is 3.35. The van der Waals surface area contributed by atoms with E-state index in [9.17, 15) is 19.2 Å². The number of nitrogens with zero attached hydrogens (tertiary/aromatic N) is 1. The van der Waals surface area contributed by atoms with Crippen molar-refractivity contribution in [2.75, 3.05) is 0 Å². The molecular weight excluding hydrogens is 272 g/mol. The minimum absolute atomic E-state index is 0.129. The van der Waals surface area contributed by atoms with E-state index < -0.39 is 23.8 Å². The standard InChI is InChI=1S/C13H10N2O4.C2H6/c16-10-6-5-9(11(17)14-10)15-12(18)7-3-1-2-4-8(7)13(15)19;1-2/h1-4,9H,5-6H2,(H,14,16,17);1-2H3/t9-;/m1./s1. The smallest absolute Gasteiger partial charge is 0.262 e. The molecule has 6 heteroatoms. The van der Waals surface area contributed by atoms with Crippen molar-refractivity contribution in [3.05, 3.63) is 35.4 Å². The van der Waals surface area contributed by atoms with Crippen LogP contribution in [-0.2, 0) is 9.59 Å². The highest BCUT2D eigenvalue weighted by Crippen LogP contribution is 2.26. The zero-order chi connectivity index (χ0) is 15.6. The molecule has 1 fully saturated rings. The second-order valence-electron chi connectivity index (χ2n) is 4.49. The van der Waals surface area contributed by atoms with Crippen LogP contribution in [0, 0.1) is 0 Å². The van der Waals surface area contributed by atoms with Gasteiger partial charge in [0.25, 0.3) is 11.8 Å². The van der Waals surface area contributed by atoms with E-state index in [0.717, 1.165) is 4.90 Å². The Balaban J connectivity index is 0.000000774. The minimum atomic E-state index is -0.898. The second-order valence-corrected chi connectivity index (χ2v) is 4.49. The number of nitrogens with one attached hydrogen (secondary N) is 1. The normalized spacial score (nSPS) is 20.7. The lowest BCUT2D eigenvalue weighted by Crippen LogP contribution is -2.54. The van der Waals surface area contributed by atoms with Gasteiger partial charge in [0, 0.05) is 6.42 Å². The lowest BCUT2D eigenvalue weighted by Gasteiger charge is -2.27. The van der Waals surface area contributed by atoms with E-state index >= 15 is 0 Å². The third kappa shape index (κ3) is 2.44. The van der Waals surface area contributed by atoms with Gasteiger partial charge >= 0.3 is 0 Å². The summed E-state index contributed by atoms with van der Waals surface area (Å²) < 4.78 is 0. The molecular formula is C15H16N2O4. The lowest BCUT2D eigenvalue weighted by atomic mass is 10.0. The van der Waals surface area contributed by atoms with Gasteiger partial charge in [-0.25, -0.2) is 0 Å². The number of fused-ring (bicyclic) bond motifs is 1. The topological polar surface area (TPSA) is 83.6 Å². The highest BCUT2D eigenvalue weighted by Gasteiger charge is 2.44. The van der Waals surface area contributed by atoms with Gasteiger partial charge in [-0.2, -0.15) is 0 Å². The van der Waals surface area contributed by atoms with Crippen molar-refractivity contribution < 1.29 is 19.2 Å². The molecule has 1 atom stereocenters. The van der Waals surface area contributed by atoms with Crippen LogP contribution in [0.2, 0.25) is 0 Å². The van der Waals surface area contributed by atoms with Gasteiger partial charge in [-0.05, 0) is 18.6 Å². The zero-order valence-corrected chi connectivity index (χ0v) is 11.9. The summed E-state index contributed by atoms with van der Waals surface area (Å²) in [5.74, 6) is -1.92. The number of piperidine rings is 1. The first-order chi connectivity index (χ1) is 10.1. The van der Waals surface area contributed by atoms with Crippen molar-refractivity contribution >= 4 is 23.6 Å². The first-order valence-corrected chi connectivity index (χ1v) is 6.90. The number of imide groups is 2. The molecule has 6 nitrogen and oxygen atoms in total. The Morgan fingerprint density at radius 2 is 1.52 bits per heavy atom. The molecule has 3 rings (SSSR count). The van der Waals surface area contributed by atoms with Crippen LogP contribution in [0.1, 0.15) is 47.4 Å². The Hall–Kier alpha value is -2.50. The fraction of sp³-hybridized carbons (Fsp3) is 0.333. The molecule has 1 saturated heterocycles. The molecule has 1 N–H and O–H groups in total. The molecule has 2 heterocycles. The van der Waals surface area contributed by atoms with Crippen LogP contribution in [0.25, 0.3) is 0 Å². The largest absolute Gasteiger partial charge is 0.295 e. The van der Waals surface area contributed by atoms with Crippen molar-refractivity contribution in [2.45, 2.75) is 32.7 Å². The van der Waals surface area contributed by atoms with E-state index in [1.54, 1.807) is 24.3 Å². The van der Waals surface area contributed by atoms with Crippen molar-refractivity contribution in [1.82, 2.24) is 10.2 Å². The predicted molar refractivity (Wildman–Crippen MR) is 74.5 cm³/mol. The van der Waals surface area contributed by atoms with Crippen molar-refractivity contribution in [3.8, 4) is 0 Å². The Bertz CT molecular complexity index is 589. The Kier molecular flexibility index (Phi) is 4.16. The van der Waals surface area contributed by atoms with Crippen LogP contribution < -0.4 is 5.32 Å². The maximum absolute atomic E-state index is 12.2. The quantitative estimate of drug-likeness (QED) is 0.785. The molecule has 110 valence electrons. The van der Waals surface area contributed by atoms with E-state index in [1.807, 2.05) is 13.8 Å². The van der Waals surface area contributed by atoms with E-state index in [0.29, 0.717) is 11.1 Å². The number of hydrogen-bond donors (Lipinski definition) is 1. The maximum Gasteiger partial charge on any atom is 0.262 e. The molecule has 0 unspecified atom stereocenters. The summed E-state index contributed by atoms with van der Waals surface area (Å²) in [6.45, 7) is 4.00. The van der Waals surface area contributed by atoms with Crippen LogP contribution in [0.4, 0.5) is 0 Å². The molecule has 4 amide bonds. The molecule has 0 bridgehead atoms. The van der Waals surface area contributed by atoms with Crippen LogP contribution in [0.3, 0.4) is 0 Å². The van der Waals surface area contributed by atoms with Gasteiger partial charge in [-0.1, -0.05) is 26.0 Å². The van der Waals surface area contributed by atoms with Gasteiger partial charge < -0.3 is 0 Å². The summed E-state index contributed by atoms with van der Waals surface area (Å²) in [6.07, 6.45) is 0.306. The number of hydrogen-bond acceptors (Lipinski definition) is 4. The van der Waals surface area contributed by atoms with Crippen LogP contribution in [0.5, 0.6) is 0 Å². The van der Waals surface area contributed by atoms with Crippen LogP contribution >= 0.6 is 0 Å². The molecule has 0 radical (unpaired) electrons. The van der Waals surface area contributed by atoms with E-state index in [4.69, 9.17) is 0 Å². The van der Waals surface area contributed by atoms with Gasteiger partial charge in [0.15, 0.2) is 0 Å². The number of amides is 4. The lowest BCUT2D eigenvalue weighted by molar-refractivity contribution is -0.136. The number of carbonyl (C=O) groups excluding carboxylic acids is 4. The second kappa shape index (κ2) is 5.87. The third-order valence-electron chi connectivity index (χ3n) is 3.35. The molecule has 1 aromatic rings. The summed E-state index contributed by atoms with van der Waals surface area (Å²) in [5, 5.41) is 2.15. The van der Waals surface area contributed by atoms with Crippen LogP contribution in [0.15, 0.2) is 24.3 Å². The molecule has 1 aromatic carbocycles. The van der Waals surface area contributed by atoms with Gasteiger partial charge in [-0.15, -0.1) is 0 Å². The molecule has 0 spiro atoms. The fourth-order valence-electron chi connectivity index (χ4n) is 2.42. The van der Waals surface area contributed by atoms with Crippen molar-refractivity contribution in [2.24, 2.45) is 0 Å². The highest BCUT2D eigenvalue weighted by atomic mass is 16.2. The Labute approximate surface area is 122 Å². The van der Waals surface area contributed by atoms with Gasteiger partial charge in [-0.3, -0.25) is 29.4 Å². The molecule has 21 heavy (non-hydrogen) atoms. The Morgan fingerprint density at radius 1 is 1.00 bits per heavy atom. The predicted octanol–water partition coefficient (Wildman–Crippen LogP) is 1.11. The molecule has 2 aliphatic rings. The Morgan fingerprint density at radius 3 is 2.00 bits per heavy atom. The van der Waals surface area contributed by atoms with Crippen LogP contribution in [-0.4, -0.2) is 34.6 Å². The first-order valence-electron chi connectivity index (χ1n) is 6.90. The van der Waals surface area contributed by atoms with Gasteiger partial charge in [0.05, 0.1) is 11.1 Å². The molecule has 0 aromatic heterocycles. The molecule has 2 aliphatic heterocycles. The maximum atomic E-state index is 12.2. The summed E-state index contributed by atoms with van der Waals surface area (Å²) in [6, 6.07) is 5.55. The molecule has 0 saturated carbocycles. The SMILES string of the molecule is CC.O=C1CC[C@@H](N2C(=O)c3ccccc3C2=O)C(=O)N1. The summed E-state index contributed by atoms with van der Waals surface area (Å²) in [4.78, 5) is 48.1. The fourth-order valence-corrected chi connectivity index (χ4v) is 2.42. The highest BCUT2D eigenvalue weighted by molar-refractivity contribution is 6.23. The van der Waals surface area contributed by atoms with Crippen molar-refractivity contribution in [3.63, 3.8) is 0 Å². The van der Waals surface area contributed by atoms with Gasteiger partial charge in [0.1, 0.15) is 6.04 Å². The first kappa shape index (κ1) is 14.9. The molecule has 0 aliphatic carbocycles. The number of carbonyl (C=O) groups is 4. The number of rotatable bonds is 1. The summed E-state index contributed by atoms with van der Waals surface area (Å²) in [5.41, 5.74) is 0.606. The van der Waals surface area contributed by atoms with E-state index in [2.05, 4.69) is 5.32 Å². The number of benzene rings is 1. The minimum Gasteiger partial charge on any atom is -0.295 e. The van der Waals surface area contributed by atoms with E-state index in [-0.39, 0.29) is 18.7 Å².